The zero-order valence-corrected chi connectivity index (χ0v) is 18.4. The Morgan fingerprint density at radius 1 is 1.03 bits per heavy atom. The molecular formula is C23H18ClN3O4S. The zero-order chi connectivity index (χ0) is 22.9. The molecule has 1 aliphatic heterocycles. The number of carbonyl (C=O) groups is 2. The van der Waals surface area contributed by atoms with E-state index in [1.54, 1.807) is 12.1 Å². The number of benzene rings is 3. The molecule has 0 aliphatic carbocycles. The summed E-state index contributed by atoms with van der Waals surface area (Å²) < 4.78 is 23.4. The Balaban J connectivity index is 1.71. The van der Waals surface area contributed by atoms with Crippen LogP contribution >= 0.6 is 11.6 Å². The van der Waals surface area contributed by atoms with Gasteiger partial charge >= 0.3 is 0 Å². The van der Waals surface area contributed by atoms with Gasteiger partial charge in [-0.1, -0.05) is 60.1 Å². The fourth-order valence-electron chi connectivity index (χ4n) is 3.29. The first-order valence-corrected chi connectivity index (χ1v) is 11.8. The van der Waals surface area contributed by atoms with Crippen LogP contribution in [0.1, 0.15) is 21.5 Å². The lowest BCUT2D eigenvalue weighted by molar-refractivity contribution is -0.117. The molecule has 0 bridgehead atoms. The van der Waals surface area contributed by atoms with E-state index < -0.39 is 27.8 Å². The molecule has 0 spiro atoms. The van der Waals surface area contributed by atoms with E-state index in [-0.39, 0.29) is 15.5 Å². The average Bonchev–Trinajstić information content (AvgIpc) is 2.90. The molecule has 32 heavy (non-hydrogen) atoms. The van der Waals surface area contributed by atoms with Gasteiger partial charge in [0, 0.05) is 17.4 Å². The number of para-hydroxylation sites is 1. The first-order valence-electron chi connectivity index (χ1n) is 9.58. The Morgan fingerprint density at radius 3 is 2.41 bits per heavy atom. The second kappa shape index (κ2) is 8.57. The average molecular weight is 468 g/mol. The maximum absolute atomic E-state index is 12.9. The largest absolute Gasteiger partial charge is 0.322 e. The fourth-order valence-corrected chi connectivity index (χ4v) is 4.27. The van der Waals surface area contributed by atoms with E-state index in [0.29, 0.717) is 11.4 Å². The molecule has 0 radical (unpaired) electrons. The minimum atomic E-state index is -3.48. The van der Waals surface area contributed by atoms with Crippen LogP contribution in [0.4, 0.5) is 5.69 Å². The summed E-state index contributed by atoms with van der Waals surface area (Å²) >= 11 is 6.15. The lowest BCUT2D eigenvalue weighted by Crippen LogP contribution is -2.42. The van der Waals surface area contributed by atoms with Crippen molar-refractivity contribution in [2.75, 3.05) is 11.6 Å². The second-order valence-electron chi connectivity index (χ2n) is 7.17. The van der Waals surface area contributed by atoms with Gasteiger partial charge in [-0.15, -0.1) is 0 Å². The fraction of sp³-hybridized carbons (Fsp3) is 0.0870. The summed E-state index contributed by atoms with van der Waals surface area (Å²) in [6.07, 6.45) is -0.179. The smallest absolute Gasteiger partial charge is 0.269 e. The first-order chi connectivity index (χ1) is 15.2. The molecule has 1 aliphatic rings. The van der Waals surface area contributed by atoms with E-state index in [1.807, 2.05) is 42.5 Å². The van der Waals surface area contributed by atoms with E-state index in [9.17, 15) is 18.0 Å². The van der Waals surface area contributed by atoms with Crippen molar-refractivity contribution in [3.8, 4) is 0 Å². The van der Waals surface area contributed by atoms with E-state index >= 15 is 0 Å². The van der Waals surface area contributed by atoms with Crippen molar-refractivity contribution in [1.29, 1.82) is 0 Å². The lowest BCUT2D eigenvalue weighted by Gasteiger charge is -2.14. The predicted molar refractivity (Wildman–Crippen MR) is 123 cm³/mol. The van der Waals surface area contributed by atoms with Gasteiger partial charge in [-0.05, 0) is 24.3 Å². The van der Waals surface area contributed by atoms with Crippen LogP contribution in [-0.2, 0) is 14.6 Å². The maximum Gasteiger partial charge on any atom is 0.269 e. The highest BCUT2D eigenvalue weighted by Crippen LogP contribution is 2.25. The Kier molecular flexibility index (Phi) is 5.82. The standard InChI is InChI=1S/C23H18ClN3O4S/c1-32(30,31)15-11-12-16(18(24)13-15)22(28)27-21-23(29)25-19-10-6-5-9-17(19)20(26-21)14-7-3-2-4-8-14/h2-13,21H,1H3,(H,25,29)(H,27,28). The molecule has 1 unspecified atom stereocenters. The highest BCUT2D eigenvalue weighted by atomic mass is 35.5. The molecule has 3 aromatic carbocycles. The van der Waals surface area contributed by atoms with Gasteiger partial charge in [0.05, 0.1) is 26.9 Å². The van der Waals surface area contributed by atoms with E-state index in [4.69, 9.17) is 11.6 Å². The van der Waals surface area contributed by atoms with Gasteiger partial charge in [0.25, 0.3) is 11.8 Å². The summed E-state index contributed by atoms with van der Waals surface area (Å²) in [5.41, 5.74) is 2.66. The monoisotopic (exact) mass is 467 g/mol. The summed E-state index contributed by atoms with van der Waals surface area (Å²) in [7, 11) is -3.48. The van der Waals surface area contributed by atoms with Crippen LogP contribution in [0.25, 0.3) is 0 Å². The summed E-state index contributed by atoms with van der Waals surface area (Å²) in [5, 5.41) is 5.33. The van der Waals surface area contributed by atoms with Crippen molar-refractivity contribution < 1.29 is 18.0 Å². The number of nitrogens with one attached hydrogen (secondary N) is 2. The third-order valence-electron chi connectivity index (χ3n) is 4.87. The van der Waals surface area contributed by atoms with Crippen LogP contribution in [0, 0.1) is 0 Å². The number of fused-ring (bicyclic) bond motifs is 1. The number of hydrogen-bond acceptors (Lipinski definition) is 5. The Morgan fingerprint density at radius 2 is 1.72 bits per heavy atom. The third kappa shape index (κ3) is 4.42. The highest BCUT2D eigenvalue weighted by molar-refractivity contribution is 7.90. The number of nitrogens with zero attached hydrogens (tertiary/aromatic N) is 1. The highest BCUT2D eigenvalue weighted by Gasteiger charge is 2.28. The molecule has 0 saturated carbocycles. The second-order valence-corrected chi connectivity index (χ2v) is 9.59. The van der Waals surface area contributed by atoms with Gasteiger partial charge in [-0.25, -0.2) is 13.4 Å². The quantitative estimate of drug-likeness (QED) is 0.614. The van der Waals surface area contributed by atoms with Crippen molar-refractivity contribution in [3.05, 3.63) is 94.5 Å². The number of hydrogen-bond donors (Lipinski definition) is 2. The molecule has 3 aromatic rings. The molecule has 1 heterocycles. The molecular weight excluding hydrogens is 450 g/mol. The SMILES string of the molecule is CS(=O)(=O)c1ccc(C(=O)NC2N=C(c3ccccc3)c3ccccc3NC2=O)c(Cl)c1. The van der Waals surface area contributed by atoms with Gasteiger partial charge in [0.2, 0.25) is 6.17 Å². The van der Waals surface area contributed by atoms with Gasteiger partial charge in [-0.2, -0.15) is 0 Å². The summed E-state index contributed by atoms with van der Waals surface area (Å²) in [5.74, 6) is -1.17. The third-order valence-corrected chi connectivity index (χ3v) is 6.30. The minimum Gasteiger partial charge on any atom is -0.322 e. The molecule has 1 atom stereocenters. The van der Waals surface area contributed by atoms with Gasteiger partial charge in [-0.3, -0.25) is 9.59 Å². The van der Waals surface area contributed by atoms with Gasteiger partial charge in [0.1, 0.15) is 0 Å². The van der Waals surface area contributed by atoms with Crippen molar-refractivity contribution in [1.82, 2.24) is 5.32 Å². The topological polar surface area (TPSA) is 105 Å². The number of carbonyl (C=O) groups excluding carboxylic acids is 2. The van der Waals surface area contributed by atoms with Crippen LogP contribution in [0.3, 0.4) is 0 Å². The summed E-state index contributed by atoms with van der Waals surface area (Å²) in [6, 6.07) is 20.4. The van der Waals surface area contributed by atoms with Gasteiger partial charge < -0.3 is 10.6 Å². The molecule has 4 rings (SSSR count). The molecule has 0 fully saturated rings. The van der Waals surface area contributed by atoms with Crippen molar-refractivity contribution >= 4 is 44.7 Å². The maximum atomic E-state index is 12.9. The molecule has 9 heteroatoms. The van der Waals surface area contributed by atoms with E-state index in [1.165, 1.54) is 18.2 Å². The normalized spacial score (nSPS) is 15.8. The first kappa shape index (κ1) is 21.7. The number of benzodiazepines with no additional fused rings is 1. The van der Waals surface area contributed by atoms with Crippen LogP contribution in [-0.4, -0.2) is 38.4 Å². The van der Waals surface area contributed by atoms with Crippen LogP contribution in [0.5, 0.6) is 0 Å². The number of aliphatic imine (C=N–C) groups is 1. The lowest BCUT2D eigenvalue weighted by atomic mass is 10.0. The number of anilines is 1. The molecule has 2 N–H and O–H groups in total. The van der Waals surface area contributed by atoms with Crippen LogP contribution in [0.15, 0.2) is 82.7 Å². The molecule has 162 valence electrons. The molecule has 7 nitrogen and oxygen atoms in total. The molecule has 2 amide bonds. The van der Waals surface area contributed by atoms with Crippen LogP contribution < -0.4 is 10.6 Å². The Hall–Kier alpha value is -3.49. The van der Waals surface area contributed by atoms with Gasteiger partial charge in [0.15, 0.2) is 9.84 Å². The van der Waals surface area contributed by atoms with Crippen molar-refractivity contribution in [3.63, 3.8) is 0 Å². The Labute approximate surface area is 190 Å². The molecule has 0 saturated heterocycles. The van der Waals surface area contributed by atoms with E-state index in [2.05, 4.69) is 15.6 Å². The van der Waals surface area contributed by atoms with E-state index in [0.717, 1.165) is 17.4 Å². The number of rotatable bonds is 4. The molecule has 0 aromatic heterocycles. The summed E-state index contributed by atoms with van der Waals surface area (Å²) in [6.45, 7) is 0. The number of sulfone groups is 1. The van der Waals surface area contributed by atoms with Crippen molar-refractivity contribution in [2.24, 2.45) is 4.99 Å². The predicted octanol–water partition coefficient (Wildman–Crippen LogP) is 3.29. The minimum absolute atomic E-state index is 0.00825. The zero-order valence-electron chi connectivity index (χ0n) is 16.9. The number of amides is 2. The van der Waals surface area contributed by atoms with Crippen molar-refractivity contribution in [2.45, 2.75) is 11.1 Å². The van der Waals surface area contributed by atoms with Crippen LogP contribution in [0.2, 0.25) is 5.02 Å². The Bertz CT molecular complexity index is 1350. The summed E-state index contributed by atoms with van der Waals surface area (Å²) in [4.78, 5) is 30.3. The number of halogens is 1.